The molecule has 0 bridgehead atoms. The van der Waals surface area contributed by atoms with Crippen LogP contribution in [0.4, 0.5) is 0 Å². The number of likely N-dealkylation sites (N-methyl/N-ethyl adjacent to an activating group) is 1. The fourth-order valence-electron chi connectivity index (χ4n) is 3.65. The van der Waals surface area contributed by atoms with E-state index >= 15 is 0 Å². The standard InChI is InChI=1S/C20H39NO2/c1-4-5-6-7-9-12-15-18-19(21(18)2)16-13-10-8-11-14-17-20(22)23-3/h18-19H,4-17H2,1-3H3/t18-,19-,21?/m0/s1. The number of nitrogens with zero attached hydrogens (tertiary/aromatic N) is 1. The molecule has 23 heavy (non-hydrogen) atoms. The summed E-state index contributed by atoms with van der Waals surface area (Å²) in [4.78, 5) is 13.6. The van der Waals surface area contributed by atoms with Crippen LogP contribution in [-0.2, 0) is 9.53 Å². The van der Waals surface area contributed by atoms with Crippen molar-refractivity contribution in [1.82, 2.24) is 4.90 Å². The zero-order valence-corrected chi connectivity index (χ0v) is 15.8. The summed E-state index contributed by atoms with van der Waals surface area (Å²) in [5.74, 6) is -0.0675. The SMILES string of the molecule is CCCCCCCC[C@H]1[C@H](CCCCCCCC(=O)OC)N1C. The predicted molar refractivity (Wildman–Crippen MR) is 97.7 cm³/mol. The van der Waals surface area contributed by atoms with E-state index in [1.165, 1.54) is 77.7 Å². The number of carbonyl (C=O) groups excluding carboxylic acids is 1. The van der Waals surface area contributed by atoms with Gasteiger partial charge in [0.2, 0.25) is 0 Å². The molecule has 0 aromatic carbocycles. The molecule has 0 aromatic heterocycles. The van der Waals surface area contributed by atoms with Gasteiger partial charge in [-0.3, -0.25) is 9.69 Å². The Morgan fingerprint density at radius 2 is 1.30 bits per heavy atom. The smallest absolute Gasteiger partial charge is 0.305 e. The van der Waals surface area contributed by atoms with Crippen molar-refractivity contribution in [2.75, 3.05) is 14.2 Å². The molecule has 0 amide bonds. The molecule has 1 unspecified atom stereocenters. The van der Waals surface area contributed by atoms with Crippen molar-refractivity contribution in [2.45, 2.75) is 109 Å². The average molecular weight is 326 g/mol. The number of ether oxygens (including phenoxy) is 1. The van der Waals surface area contributed by atoms with Crippen LogP contribution in [0.15, 0.2) is 0 Å². The number of esters is 1. The van der Waals surface area contributed by atoms with Crippen LogP contribution in [0.3, 0.4) is 0 Å². The van der Waals surface area contributed by atoms with E-state index in [0.717, 1.165) is 24.9 Å². The number of unbranched alkanes of at least 4 members (excludes halogenated alkanes) is 9. The van der Waals surface area contributed by atoms with Gasteiger partial charge in [0.05, 0.1) is 7.11 Å². The zero-order chi connectivity index (χ0) is 16.9. The van der Waals surface area contributed by atoms with Gasteiger partial charge in [-0.05, 0) is 26.3 Å². The quantitative estimate of drug-likeness (QED) is 0.232. The number of rotatable bonds is 15. The lowest BCUT2D eigenvalue weighted by Crippen LogP contribution is -1.99. The molecule has 1 saturated heterocycles. The van der Waals surface area contributed by atoms with Crippen LogP contribution in [0, 0.1) is 0 Å². The van der Waals surface area contributed by atoms with E-state index in [9.17, 15) is 4.79 Å². The molecule has 3 atom stereocenters. The molecule has 1 rings (SSSR count). The van der Waals surface area contributed by atoms with Crippen LogP contribution in [0.2, 0.25) is 0 Å². The van der Waals surface area contributed by atoms with Crippen molar-refractivity contribution in [3.8, 4) is 0 Å². The summed E-state index contributed by atoms with van der Waals surface area (Å²) in [5.41, 5.74) is 0. The Bertz CT molecular complexity index is 306. The van der Waals surface area contributed by atoms with Crippen LogP contribution in [0.25, 0.3) is 0 Å². The number of methoxy groups -OCH3 is 1. The van der Waals surface area contributed by atoms with Gasteiger partial charge in [-0.25, -0.2) is 0 Å². The van der Waals surface area contributed by atoms with Gasteiger partial charge >= 0.3 is 5.97 Å². The fourth-order valence-corrected chi connectivity index (χ4v) is 3.65. The summed E-state index contributed by atoms with van der Waals surface area (Å²) in [6.07, 6.45) is 17.9. The normalized spacial score (nSPS) is 23.0. The molecule has 0 aliphatic carbocycles. The van der Waals surface area contributed by atoms with E-state index < -0.39 is 0 Å². The van der Waals surface area contributed by atoms with E-state index in [0.29, 0.717) is 6.42 Å². The van der Waals surface area contributed by atoms with Crippen LogP contribution in [-0.4, -0.2) is 37.1 Å². The molecule has 1 aliphatic heterocycles. The monoisotopic (exact) mass is 325 g/mol. The van der Waals surface area contributed by atoms with Gasteiger partial charge in [0.1, 0.15) is 0 Å². The Balaban J connectivity index is 1.87. The third-order valence-corrected chi connectivity index (χ3v) is 5.36. The maximum atomic E-state index is 11.0. The second-order valence-electron chi connectivity index (χ2n) is 7.24. The third-order valence-electron chi connectivity index (χ3n) is 5.36. The first kappa shape index (κ1) is 20.5. The lowest BCUT2D eigenvalue weighted by molar-refractivity contribution is -0.140. The third kappa shape index (κ3) is 9.34. The molecule has 0 radical (unpaired) electrons. The minimum Gasteiger partial charge on any atom is -0.469 e. The van der Waals surface area contributed by atoms with Gasteiger partial charge in [-0.2, -0.15) is 0 Å². The molecule has 0 aromatic rings. The van der Waals surface area contributed by atoms with Crippen LogP contribution in [0.1, 0.15) is 96.8 Å². The second kappa shape index (κ2) is 12.8. The van der Waals surface area contributed by atoms with Gasteiger partial charge in [-0.1, -0.05) is 71.1 Å². The summed E-state index contributed by atoms with van der Waals surface area (Å²) < 4.78 is 4.66. The highest BCUT2D eigenvalue weighted by atomic mass is 16.5. The highest BCUT2D eigenvalue weighted by Gasteiger charge is 2.42. The number of hydrogen-bond acceptors (Lipinski definition) is 3. The Morgan fingerprint density at radius 1 is 0.826 bits per heavy atom. The molecule has 0 spiro atoms. The van der Waals surface area contributed by atoms with E-state index in [4.69, 9.17) is 0 Å². The minimum atomic E-state index is -0.0675. The Labute approximate surface area is 144 Å². The molecule has 1 fully saturated rings. The average Bonchev–Trinajstić information content (AvgIpc) is 3.18. The lowest BCUT2D eigenvalue weighted by Gasteiger charge is -2.02. The molecule has 0 N–H and O–H groups in total. The van der Waals surface area contributed by atoms with Gasteiger partial charge in [0.25, 0.3) is 0 Å². The maximum Gasteiger partial charge on any atom is 0.305 e. The van der Waals surface area contributed by atoms with E-state index in [2.05, 4.69) is 23.6 Å². The van der Waals surface area contributed by atoms with Gasteiger partial charge in [0, 0.05) is 18.5 Å². The maximum absolute atomic E-state index is 11.0. The first-order chi connectivity index (χ1) is 11.2. The van der Waals surface area contributed by atoms with Crippen LogP contribution in [0.5, 0.6) is 0 Å². The Morgan fingerprint density at radius 3 is 1.83 bits per heavy atom. The predicted octanol–water partition coefficient (Wildman–Crippen LogP) is 5.32. The van der Waals surface area contributed by atoms with Crippen molar-refractivity contribution in [3.63, 3.8) is 0 Å². The van der Waals surface area contributed by atoms with Crippen molar-refractivity contribution in [1.29, 1.82) is 0 Å². The van der Waals surface area contributed by atoms with Crippen molar-refractivity contribution in [3.05, 3.63) is 0 Å². The molecule has 3 heteroatoms. The highest BCUT2D eigenvalue weighted by molar-refractivity contribution is 5.68. The summed E-state index contributed by atoms with van der Waals surface area (Å²) in [5, 5.41) is 0. The van der Waals surface area contributed by atoms with E-state index in [1.54, 1.807) is 0 Å². The minimum absolute atomic E-state index is 0.0675. The second-order valence-corrected chi connectivity index (χ2v) is 7.24. The van der Waals surface area contributed by atoms with E-state index in [1.807, 2.05) is 0 Å². The number of hydrogen-bond donors (Lipinski definition) is 0. The molecule has 0 saturated carbocycles. The lowest BCUT2D eigenvalue weighted by atomic mass is 10.0. The molecular weight excluding hydrogens is 286 g/mol. The topological polar surface area (TPSA) is 29.3 Å². The largest absolute Gasteiger partial charge is 0.469 e. The summed E-state index contributed by atoms with van der Waals surface area (Å²) in [6.45, 7) is 2.28. The molecule has 3 nitrogen and oxygen atoms in total. The summed E-state index contributed by atoms with van der Waals surface area (Å²) in [7, 11) is 3.76. The van der Waals surface area contributed by atoms with Gasteiger partial charge in [-0.15, -0.1) is 0 Å². The first-order valence-electron chi connectivity index (χ1n) is 9.99. The van der Waals surface area contributed by atoms with Crippen molar-refractivity contribution in [2.24, 2.45) is 0 Å². The summed E-state index contributed by atoms with van der Waals surface area (Å²) in [6, 6.07) is 1.74. The first-order valence-corrected chi connectivity index (χ1v) is 9.99. The number of carbonyl (C=O) groups is 1. The van der Waals surface area contributed by atoms with Crippen molar-refractivity contribution < 1.29 is 9.53 Å². The molecule has 136 valence electrons. The zero-order valence-electron chi connectivity index (χ0n) is 15.8. The van der Waals surface area contributed by atoms with Gasteiger partial charge in [0.15, 0.2) is 0 Å². The summed E-state index contributed by atoms with van der Waals surface area (Å²) >= 11 is 0. The molecule has 1 aliphatic rings. The van der Waals surface area contributed by atoms with E-state index in [-0.39, 0.29) is 5.97 Å². The van der Waals surface area contributed by atoms with Crippen molar-refractivity contribution >= 4 is 5.97 Å². The Hall–Kier alpha value is -0.570. The van der Waals surface area contributed by atoms with Crippen LogP contribution < -0.4 is 0 Å². The van der Waals surface area contributed by atoms with Crippen LogP contribution >= 0.6 is 0 Å². The molecular formula is C20H39NO2. The fraction of sp³-hybridized carbons (Fsp3) is 0.950. The van der Waals surface area contributed by atoms with Gasteiger partial charge < -0.3 is 4.74 Å². The Kier molecular flexibility index (Phi) is 11.4. The molecule has 1 heterocycles. The highest BCUT2D eigenvalue weighted by Crippen LogP contribution is 2.34.